The maximum Gasteiger partial charge on any atom is 0.129 e. The van der Waals surface area contributed by atoms with Crippen molar-refractivity contribution in [1.82, 2.24) is 5.32 Å². The van der Waals surface area contributed by atoms with Crippen LogP contribution in [0.25, 0.3) is 0 Å². The van der Waals surface area contributed by atoms with Crippen molar-refractivity contribution in [2.24, 2.45) is 5.92 Å². The third-order valence-electron chi connectivity index (χ3n) is 4.14. The molecule has 0 spiro atoms. The minimum atomic E-state index is -0.501. The Labute approximate surface area is 114 Å². The van der Waals surface area contributed by atoms with Crippen LogP contribution in [0.5, 0.6) is 0 Å². The van der Waals surface area contributed by atoms with E-state index in [0.29, 0.717) is 23.9 Å². The Bertz CT molecular complexity index is 400. The van der Waals surface area contributed by atoms with Crippen LogP contribution in [-0.4, -0.2) is 12.6 Å². The molecule has 1 aromatic rings. The van der Waals surface area contributed by atoms with Gasteiger partial charge in [0.15, 0.2) is 0 Å². The van der Waals surface area contributed by atoms with Gasteiger partial charge < -0.3 is 5.32 Å². The summed E-state index contributed by atoms with van der Waals surface area (Å²) in [5, 5.41) is 3.48. The molecule has 0 bridgehead atoms. The van der Waals surface area contributed by atoms with Gasteiger partial charge in [0, 0.05) is 12.1 Å². The van der Waals surface area contributed by atoms with Gasteiger partial charge in [-0.25, -0.2) is 8.78 Å². The Hall–Kier alpha value is -0.960. The monoisotopic (exact) mass is 267 g/mol. The zero-order valence-electron chi connectivity index (χ0n) is 11.6. The highest BCUT2D eigenvalue weighted by molar-refractivity contribution is 5.20. The second-order valence-electron chi connectivity index (χ2n) is 5.50. The first-order chi connectivity index (χ1) is 9.20. The van der Waals surface area contributed by atoms with E-state index in [9.17, 15) is 8.78 Å². The van der Waals surface area contributed by atoms with E-state index in [1.807, 2.05) is 0 Å². The lowest BCUT2D eigenvalue weighted by Gasteiger charge is -2.31. The van der Waals surface area contributed by atoms with E-state index in [1.165, 1.54) is 38.2 Å². The second kappa shape index (κ2) is 6.99. The van der Waals surface area contributed by atoms with Crippen LogP contribution in [-0.2, 0) is 6.42 Å². The predicted octanol–water partition coefficient (Wildman–Crippen LogP) is 4.07. The maximum atomic E-state index is 13.8. The highest BCUT2D eigenvalue weighted by Gasteiger charge is 2.24. The Morgan fingerprint density at radius 1 is 1.21 bits per heavy atom. The first-order valence-electron chi connectivity index (χ1n) is 7.38. The number of rotatable bonds is 5. The SMILES string of the molecule is CCNC(Cc1ccc(F)cc1F)C1CCCCC1. The van der Waals surface area contributed by atoms with Crippen molar-refractivity contribution in [2.45, 2.75) is 51.5 Å². The summed E-state index contributed by atoms with van der Waals surface area (Å²) in [6.07, 6.45) is 6.97. The molecular weight excluding hydrogens is 244 g/mol. The van der Waals surface area contributed by atoms with Crippen molar-refractivity contribution in [3.8, 4) is 0 Å². The van der Waals surface area contributed by atoms with Gasteiger partial charge in [-0.1, -0.05) is 32.3 Å². The van der Waals surface area contributed by atoms with E-state index >= 15 is 0 Å². The molecule has 0 aromatic heterocycles. The number of hydrogen-bond acceptors (Lipinski definition) is 1. The molecule has 0 radical (unpaired) electrons. The number of likely N-dealkylation sites (N-methyl/N-ethyl adjacent to an activating group) is 1. The molecule has 1 saturated carbocycles. The van der Waals surface area contributed by atoms with Gasteiger partial charge in [0.05, 0.1) is 0 Å². The summed E-state index contributed by atoms with van der Waals surface area (Å²) in [4.78, 5) is 0. The molecule has 3 heteroatoms. The molecule has 1 unspecified atom stereocenters. The molecule has 1 aliphatic carbocycles. The largest absolute Gasteiger partial charge is 0.314 e. The zero-order chi connectivity index (χ0) is 13.7. The number of nitrogens with one attached hydrogen (secondary N) is 1. The molecule has 0 amide bonds. The summed E-state index contributed by atoms with van der Waals surface area (Å²) in [5.74, 6) is -0.296. The number of halogens is 2. The fourth-order valence-corrected chi connectivity index (χ4v) is 3.13. The molecule has 1 nitrogen and oxygen atoms in total. The lowest BCUT2D eigenvalue weighted by atomic mass is 9.81. The van der Waals surface area contributed by atoms with Gasteiger partial charge in [-0.05, 0) is 43.4 Å². The first-order valence-corrected chi connectivity index (χ1v) is 7.38. The normalized spacial score (nSPS) is 18.5. The van der Waals surface area contributed by atoms with Gasteiger partial charge in [-0.15, -0.1) is 0 Å². The number of hydrogen-bond donors (Lipinski definition) is 1. The molecule has 1 atom stereocenters. The summed E-state index contributed by atoms with van der Waals surface area (Å²) in [6.45, 7) is 2.97. The van der Waals surface area contributed by atoms with Gasteiger partial charge in [-0.2, -0.15) is 0 Å². The van der Waals surface area contributed by atoms with Gasteiger partial charge in [0.1, 0.15) is 11.6 Å². The lowest BCUT2D eigenvalue weighted by Crippen LogP contribution is -2.39. The summed E-state index contributed by atoms with van der Waals surface area (Å²) in [7, 11) is 0. The van der Waals surface area contributed by atoms with E-state index in [-0.39, 0.29) is 0 Å². The van der Waals surface area contributed by atoms with Crippen LogP contribution < -0.4 is 5.32 Å². The molecule has 19 heavy (non-hydrogen) atoms. The van der Waals surface area contributed by atoms with Crippen LogP contribution in [0, 0.1) is 17.6 Å². The Morgan fingerprint density at radius 3 is 2.58 bits per heavy atom. The van der Waals surface area contributed by atoms with Gasteiger partial charge >= 0.3 is 0 Å². The van der Waals surface area contributed by atoms with Crippen LogP contribution in [0.2, 0.25) is 0 Å². The Kier molecular flexibility index (Phi) is 5.32. The zero-order valence-corrected chi connectivity index (χ0v) is 11.6. The van der Waals surface area contributed by atoms with E-state index in [1.54, 1.807) is 6.07 Å². The van der Waals surface area contributed by atoms with Crippen molar-refractivity contribution >= 4 is 0 Å². The van der Waals surface area contributed by atoms with Crippen molar-refractivity contribution in [2.75, 3.05) is 6.54 Å². The maximum absolute atomic E-state index is 13.8. The van der Waals surface area contributed by atoms with Crippen LogP contribution in [0.15, 0.2) is 18.2 Å². The summed E-state index contributed by atoms with van der Waals surface area (Å²) in [5.41, 5.74) is 0.623. The van der Waals surface area contributed by atoms with Gasteiger partial charge in [0.2, 0.25) is 0 Å². The highest BCUT2D eigenvalue weighted by Crippen LogP contribution is 2.28. The number of benzene rings is 1. The van der Waals surface area contributed by atoms with E-state index < -0.39 is 11.6 Å². The molecule has 1 fully saturated rings. The van der Waals surface area contributed by atoms with Crippen molar-refractivity contribution in [3.05, 3.63) is 35.4 Å². The topological polar surface area (TPSA) is 12.0 Å². The average molecular weight is 267 g/mol. The summed E-state index contributed by atoms with van der Waals surface area (Å²) < 4.78 is 26.7. The molecule has 2 rings (SSSR count). The molecule has 1 aromatic carbocycles. The molecular formula is C16H23F2N. The van der Waals surface area contributed by atoms with E-state index in [4.69, 9.17) is 0 Å². The first kappa shape index (κ1) is 14.4. The van der Waals surface area contributed by atoms with Crippen LogP contribution in [0.3, 0.4) is 0 Å². The highest BCUT2D eigenvalue weighted by atomic mass is 19.1. The fraction of sp³-hybridized carbons (Fsp3) is 0.625. The quantitative estimate of drug-likeness (QED) is 0.848. The van der Waals surface area contributed by atoms with Gasteiger partial charge in [0.25, 0.3) is 0 Å². The standard InChI is InChI=1S/C16H23F2N/c1-2-19-16(12-6-4-3-5-7-12)10-13-8-9-14(17)11-15(13)18/h8-9,11-12,16,19H,2-7,10H2,1H3. The fourth-order valence-electron chi connectivity index (χ4n) is 3.13. The van der Waals surface area contributed by atoms with E-state index in [0.717, 1.165) is 12.6 Å². The Balaban J connectivity index is 2.06. The van der Waals surface area contributed by atoms with Gasteiger partial charge in [-0.3, -0.25) is 0 Å². The smallest absolute Gasteiger partial charge is 0.129 e. The second-order valence-corrected chi connectivity index (χ2v) is 5.50. The van der Waals surface area contributed by atoms with Crippen molar-refractivity contribution in [1.29, 1.82) is 0 Å². The van der Waals surface area contributed by atoms with Crippen LogP contribution in [0.4, 0.5) is 8.78 Å². The van der Waals surface area contributed by atoms with Crippen LogP contribution >= 0.6 is 0 Å². The third-order valence-corrected chi connectivity index (χ3v) is 4.14. The predicted molar refractivity (Wildman–Crippen MR) is 74.1 cm³/mol. The van der Waals surface area contributed by atoms with Crippen LogP contribution in [0.1, 0.15) is 44.6 Å². The van der Waals surface area contributed by atoms with Crippen molar-refractivity contribution < 1.29 is 8.78 Å². The molecule has 0 aliphatic heterocycles. The molecule has 1 aliphatic rings. The molecule has 0 heterocycles. The van der Waals surface area contributed by atoms with Crippen molar-refractivity contribution in [3.63, 3.8) is 0 Å². The molecule has 106 valence electrons. The average Bonchev–Trinajstić information content (AvgIpc) is 2.42. The third kappa shape index (κ3) is 4.00. The lowest BCUT2D eigenvalue weighted by molar-refractivity contribution is 0.268. The van der Waals surface area contributed by atoms with E-state index in [2.05, 4.69) is 12.2 Å². The molecule has 1 N–H and O–H groups in total. The molecule has 0 saturated heterocycles. The summed E-state index contributed by atoms with van der Waals surface area (Å²) in [6, 6.07) is 4.23. The minimum Gasteiger partial charge on any atom is -0.314 e. The summed E-state index contributed by atoms with van der Waals surface area (Å²) >= 11 is 0. The minimum absolute atomic E-state index is 0.310. The Morgan fingerprint density at radius 2 is 1.95 bits per heavy atom.